The van der Waals surface area contributed by atoms with E-state index in [9.17, 15) is 9.90 Å². The standard InChI is InChI=1S/C18H30N4O2/c1-17(15-14(11-20-21-15)16(23)19-2)7-6-10-22(12-17)13-18(24)8-4-3-5-9-18/h11,24H,3-10,12-13H2,1-2H3,(H,19,23)(H,20,21)/t17-/m0/s1. The minimum Gasteiger partial charge on any atom is -0.389 e. The van der Waals surface area contributed by atoms with Crippen LogP contribution in [-0.4, -0.2) is 58.4 Å². The third-order valence-corrected chi connectivity index (χ3v) is 5.79. The van der Waals surface area contributed by atoms with Crippen LogP contribution in [0, 0.1) is 0 Å². The number of β-amino-alcohol motifs (C(OH)–C–C–N with tert-alkyl or cyclic N) is 1. The number of H-pyrrole nitrogens is 1. The summed E-state index contributed by atoms with van der Waals surface area (Å²) in [6.07, 6.45) is 9.02. The first-order valence-electron chi connectivity index (χ1n) is 9.16. The van der Waals surface area contributed by atoms with E-state index in [1.54, 1.807) is 13.2 Å². The van der Waals surface area contributed by atoms with E-state index in [-0.39, 0.29) is 11.3 Å². The molecule has 1 aromatic rings. The van der Waals surface area contributed by atoms with Crippen LogP contribution in [0.5, 0.6) is 0 Å². The number of nitrogens with one attached hydrogen (secondary N) is 2. The zero-order chi connectivity index (χ0) is 17.2. The number of hydrogen-bond donors (Lipinski definition) is 3. The largest absolute Gasteiger partial charge is 0.389 e. The van der Waals surface area contributed by atoms with Crippen LogP contribution in [0.3, 0.4) is 0 Å². The molecule has 0 aromatic carbocycles. The van der Waals surface area contributed by atoms with Crippen molar-refractivity contribution in [2.75, 3.05) is 26.7 Å². The van der Waals surface area contributed by atoms with Crippen molar-refractivity contribution in [3.63, 3.8) is 0 Å². The van der Waals surface area contributed by atoms with Crippen LogP contribution in [0.15, 0.2) is 6.20 Å². The van der Waals surface area contributed by atoms with Gasteiger partial charge in [0.25, 0.3) is 5.91 Å². The van der Waals surface area contributed by atoms with Crippen molar-refractivity contribution in [1.29, 1.82) is 0 Å². The van der Waals surface area contributed by atoms with Crippen LogP contribution in [0.2, 0.25) is 0 Å². The first-order chi connectivity index (χ1) is 11.5. The van der Waals surface area contributed by atoms with Gasteiger partial charge in [0.1, 0.15) is 0 Å². The third-order valence-electron chi connectivity index (χ3n) is 5.79. The molecule has 1 saturated carbocycles. The van der Waals surface area contributed by atoms with Gasteiger partial charge in [-0.25, -0.2) is 0 Å². The summed E-state index contributed by atoms with van der Waals surface area (Å²) in [5, 5.41) is 20.8. The second-order valence-electron chi connectivity index (χ2n) is 7.90. The molecule has 2 aliphatic rings. The van der Waals surface area contributed by atoms with E-state index in [4.69, 9.17) is 0 Å². The Morgan fingerprint density at radius 2 is 2.08 bits per heavy atom. The molecule has 0 spiro atoms. The molecule has 1 amide bonds. The first-order valence-corrected chi connectivity index (χ1v) is 9.16. The molecule has 6 heteroatoms. The van der Waals surface area contributed by atoms with E-state index in [1.807, 2.05) is 0 Å². The molecule has 1 saturated heterocycles. The zero-order valence-corrected chi connectivity index (χ0v) is 14.9. The van der Waals surface area contributed by atoms with Gasteiger partial charge in [0.05, 0.1) is 23.1 Å². The van der Waals surface area contributed by atoms with E-state index in [0.717, 1.165) is 63.9 Å². The number of nitrogens with zero attached hydrogens (tertiary/aromatic N) is 2. The van der Waals surface area contributed by atoms with Crippen LogP contribution in [-0.2, 0) is 5.41 Å². The number of amides is 1. The minimum atomic E-state index is -0.534. The lowest BCUT2D eigenvalue weighted by molar-refractivity contribution is -0.0363. The molecule has 1 aliphatic heterocycles. The van der Waals surface area contributed by atoms with Crippen LogP contribution < -0.4 is 5.32 Å². The number of aliphatic hydroxyl groups is 1. The maximum absolute atomic E-state index is 12.1. The molecule has 0 radical (unpaired) electrons. The van der Waals surface area contributed by atoms with Gasteiger partial charge in [-0.3, -0.25) is 14.8 Å². The van der Waals surface area contributed by atoms with Gasteiger partial charge in [0, 0.05) is 25.6 Å². The van der Waals surface area contributed by atoms with Crippen molar-refractivity contribution >= 4 is 5.91 Å². The van der Waals surface area contributed by atoms with Crippen LogP contribution in [0.4, 0.5) is 0 Å². The molecular weight excluding hydrogens is 304 g/mol. The molecule has 2 fully saturated rings. The van der Waals surface area contributed by atoms with Crippen molar-refractivity contribution in [2.24, 2.45) is 0 Å². The number of aromatic nitrogens is 2. The maximum Gasteiger partial charge on any atom is 0.254 e. The highest BCUT2D eigenvalue weighted by atomic mass is 16.3. The molecule has 1 aromatic heterocycles. The van der Waals surface area contributed by atoms with E-state index in [0.29, 0.717) is 5.56 Å². The Morgan fingerprint density at radius 1 is 1.33 bits per heavy atom. The quantitative estimate of drug-likeness (QED) is 0.784. The number of carbonyl (C=O) groups is 1. The molecule has 24 heavy (non-hydrogen) atoms. The maximum atomic E-state index is 12.1. The lowest BCUT2D eigenvalue weighted by atomic mass is 9.76. The van der Waals surface area contributed by atoms with Gasteiger partial charge in [-0.05, 0) is 32.2 Å². The van der Waals surface area contributed by atoms with E-state index in [1.165, 1.54) is 6.42 Å². The van der Waals surface area contributed by atoms with Crippen molar-refractivity contribution in [3.8, 4) is 0 Å². The SMILES string of the molecule is CNC(=O)c1cn[nH]c1[C@@]1(C)CCCN(CC2(O)CCCCC2)C1. The lowest BCUT2D eigenvalue weighted by Gasteiger charge is -2.44. The molecule has 3 rings (SSSR count). The zero-order valence-electron chi connectivity index (χ0n) is 14.9. The summed E-state index contributed by atoms with van der Waals surface area (Å²) in [5.74, 6) is -0.0944. The summed E-state index contributed by atoms with van der Waals surface area (Å²) in [7, 11) is 1.65. The van der Waals surface area contributed by atoms with Crippen LogP contribution in [0.25, 0.3) is 0 Å². The number of hydrogen-bond acceptors (Lipinski definition) is 4. The molecule has 1 atom stereocenters. The highest BCUT2D eigenvalue weighted by molar-refractivity contribution is 5.95. The van der Waals surface area contributed by atoms with Crippen molar-refractivity contribution in [3.05, 3.63) is 17.5 Å². The Labute approximate surface area is 144 Å². The van der Waals surface area contributed by atoms with Gasteiger partial charge >= 0.3 is 0 Å². The lowest BCUT2D eigenvalue weighted by Crippen LogP contribution is -2.52. The normalized spacial score (nSPS) is 27.8. The second-order valence-corrected chi connectivity index (χ2v) is 7.90. The third kappa shape index (κ3) is 3.49. The Morgan fingerprint density at radius 3 is 2.79 bits per heavy atom. The van der Waals surface area contributed by atoms with Gasteiger partial charge in [0.2, 0.25) is 0 Å². The average molecular weight is 334 g/mol. The monoisotopic (exact) mass is 334 g/mol. The van der Waals surface area contributed by atoms with Gasteiger partial charge < -0.3 is 10.4 Å². The fraction of sp³-hybridized carbons (Fsp3) is 0.778. The Balaban J connectivity index is 1.74. The molecule has 1 aliphatic carbocycles. The summed E-state index contributed by atoms with van der Waals surface area (Å²) in [6, 6.07) is 0. The molecule has 6 nitrogen and oxygen atoms in total. The van der Waals surface area contributed by atoms with Crippen LogP contribution in [0.1, 0.15) is 67.9 Å². The molecule has 0 unspecified atom stereocenters. The molecule has 2 heterocycles. The van der Waals surface area contributed by atoms with E-state index >= 15 is 0 Å². The number of carbonyl (C=O) groups excluding carboxylic acids is 1. The fourth-order valence-electron chi connectivity index (χ4n) is 4.52. The number of piperidine rings is 1. The topological polar surface area (TPSA) is 81.2 Å². The van der Waals surface area contributed by atoms with Crippen LogP contribution >= 0.6 is 0 Å². The molecule has 0 bridgehead atoms. The summed E-state index contributed by atoms with van der Waals surface area (Å²) in [6.45, 7) is 4.80. The van der Waals surface area contributed by atoms with Crippen molar-refractivity contribution < 1.29 is 9.90 Å². The predicted octanol–water partition coefficient (Wildman–Crippen LogP) is 1.82. The first kappa shape index (κ1) is 17.4. The van der Waals surface area contributed by atoms with Gasteiger partial charge in [-0.1, -0.05) is 26.2 Å². The van der Waals surface area contributed by atoms with Gasteiger partial charge in [-0.15, -0.1) is 0 Å². The number of aromatic amines is 1. The Kier molecular flexibility index (Phi) is 4.97. The predicted molar refractivity (Wildman–Crippen MR) is 93.0 cm³/mol. The molecule has 3 N–H and O–H groups in total. The number of rotatable bonds is 4. The summed E-state index contributed by atoms with van der Waals surface area (Å²) >= 11 is 0. The Hall–Kier alpha value is -1.40. The summed E-state index contributed by atoms with van der Waals surface area (Å²) < 4.78 is 0. The van der Waals surface area contributed by atoms with Crippen molar-refractivity contribution in [2.45, 2.75) is 62.9 Å². The van der Waals surface area contributed by atoms with E-state index < -0.39 is 5.60 Å². The van der Waals surface area contributed by atoms with Crippen molar-refractivity contribution in [1.82, 2.24) is 20.4 Å². The minimum absolute atomic E-state index is 0.0944. The van der Waals surface area contributed by atoms with Gasteiger partial charge in [-0.2, -0.15) is 5.10 Å². The molecular formula is C18H30N4O2. The van der Waals surface area contributed by atoms with Gasteiger partial charge in [0.15, 0.2) is 0 Å². The highest BCUT2D eigenvalue weighted by Gasteiger charge is 2.40. The average Bonchev–Trinajstić information content (AvgIpc) is 3.05. The summed E-state index contributed by atoms with van der Waals surface area (Å²) in [4.78, 5) is 14.5. The second kappa shape index (κ2) is 6.84. The number of likely N-dealkylation sites (tertiary alicyclic amines) is 1. The smallest absolute Gasteiger partial charge is 0.254 e. The van der Waals surface area contributed by atoms with E-state index in [2.05, 4.69) is 27.3 Å². The Bertz CT molecular complexity index is 579. The molecule has 134 valence electrons. The highest BCUT2D eigenvalue weighted by Crippen LogP contribution is 2.36. The summed E-state index contributed by atoms with van der Waals surface area (Å²) in [5.41, 5.74) is 0.885. The fourth-order valence-corrected chi connectivity index (χ4v) is 4.52.